The second-order valence-corrected chi connectivity index (χ2v) is 6.92. The average molecular weight is 246 g/mol. The number of carbonyl (C=O) groups is 1. The van der Waals surface area contributed by atoms with Gasteiger partial charge in [-0.05, 0) is 12.8 Å². The predicted molar refractivity (Wildman–Crippen MR) is 60.9 cm³/mol. The molecule has 1 atom stereocenters. The maximum atomic E-state index is 11.7. The van der Waals surface area contributed by atoms with Crippen LogP contribution in [-0.2, 0) is 14.6 Å². The Morgan fingerprint density at radius 1 is 1.31 bits per heavy atom. The zero-order chi connectivity index (χ0) is 11.8. The van der Waals surface area contributed by atoms with Crippen LogP contribution in [-0.4, -0.2) is 68.4 Å². The van der Waals surface area contributed by atoms with Crippen LogP contribution in [0.5, 0.6) is 0 Å². The molecule has 2 rings (SSSR count). The van der Waals surface area contributed by atoms with E-state index in [2.05, 4.69) is 0 Å². The molecular weight excluding hydrogens is 228 g/mol. The number of hydrogen-bond acceptors (Lipinski definition) is 4. The minimum atomic E-state index is -2.85. The first-order valence-electron chi connectivity index (χ1n) is 5.66. The summed E-state index contributed by atoms with van der Waals surface area (Å²) in [7, 11) is -1.05. The van der Waals surface area contributed by atoms with Crippen LogP contribution in [0.4, 0.5) is 0 Å². The van der Waals surface area contributed by atoms with Crippen molar-refractivity contribution in [1.29, 1.82) is 0 Å². The van der Waals surface area contributed by atoms with Gasteiger partial charge in [0.1, 0.15) is 0 Å². The molecule has 2 aliphatic heterocycles. The van der Waals surface area contributed by atoms with Gasteiger partial charge < -0.3 is 4.90 Å². The Balaban J connectivity index is 2.02. The van der Waals surface area contributed by atoms with Crippen LogP contribution < -0.4 is 0 Å². The van der Waals surface area contributed by atoms with Crippen molar-refractivity contribution in [3.05, 3.63) is 0 Å². The second kappa shape index (κ2) is 4.33. The molecule has 0 aromatic heterocycles. The van der Waals surface area contributed by atoms with Gasteiger partial charge in [-0.3, -0.25) is 9.69 Å². The number of sulfone groups is 1. The van der Waals surface area contributed by atoms with Gasteiger partial charge in [0.2, 0.25) is 5.91 Å². The Labute approximate surface area is 96.3 Å². The Bertz CT molecular complexity index is 380. The third-order valence-electron chi connectivity index (χ3n) is 3.43. The Morgan fingerprint density at radius 2 is 2.06 bits per heavy atom. The SMILES string of the molecule is CN1CCCN(C2CCS(=O)(=O)C2)CC1=O. The Hall–Kier alpha value is -0.620. The predicted octanol–water partition coefficient (Wildman–Crippen LogP) is -0.662. The summed E-state index contributed by atoms with van der Waals surface area (Å²) in [6.07, 6.45) is 1.61. The smallest absolute Gasteiger partial charge is 0.236 e. The summed E-state index contributed by atoms with van der Waals surface area (Å²) in [6, 6.07) is 0.0560. The van der Waals surface area contributed by atoms with E-state index in [1.54, 1.807) is 11.9 Å². The molecule has 2 aliphatic rings. The molecule has 1 amide bonds. The average Bonchev–Trinajstić information content (AvgIpc) is 2.47. The van der Waals surface area contributed by atoms with E-state index >= 15 is 0 Å². The highest BCUT2D eigenvalue weighted by Gasteiger charge is 2.34. The van der Waals surface area contributed by atoms with E-state index in [1.807, 2.05) is 4.90 Å². The third kappa shape index (κ3) is 2.55. The highest BCUT2D eigenvalue weighted by molar-refractivity contribution is 7.91. The van der Waals surface area contributed by atoms with Gasteiger partial charge in [0.05, 0.1) is 18.1 Å². The van der Waals surface area contributed by atoms with Crippen LogP contribution in [0.15, 0.2) is 0 Å². The number of amides is 1. The fourth-order valence-corrected chi connectivity index (χ4v) is 4.15. The highest BCUT2D eigenvalue weighted by atomic mass is 32.2. The lowest BCUT2D eigenvalue weighted by atomic mass is 10.2. The van der Waals surface area contributed by atoms with Crippen molar-refractivity contribution in [3.8, 4) is 0 Å². The molecule has 0 spiro atoms. The maximum Gasteiger partial charge on any atom is 0.236 e. The van der Waals surface area contributed by atoms with Gasteiger partial charge in [0.25, 0.3) is 0 Å². The summed E-state index contributed by atoms with van der Waals surface area (Å²) in [5.41, 5.74) is 0. The largest absolute Gasteiger partial charge is 0.345 e. The lowest BCUT2D eigenvalue weighted by Crippen LogP contribution is -2.41. The van der Waals surface area contributed by atoms with Crippen LogP contribution in [0.2, 0.25) is 0 Å². The molecule has 0 aromatic carbocycles. The summed E-state index contributed by atoms with van der Waals surface area (Å²) in [5.74, 6) is 0.601. The summed E-state index contributed by atoms with van der Waals surface area (Å²) in [5, 5.41) is 0. The molecule has 5 nitrogen and oxygen atoms in total. The molecule has 0 aliphatic carbocycles. The number of nitrogens with zero attached hydrogens (tertiary/aromatic N) is 2. The van der Waals surface area contributed by atoms with E-state index in [0.29, 0.717) is 13.0 Å². The van der Waals surface area contributed by atoms with Gasteiger partial charge in [-0.15, -0.1) is 0 Å². The van der Waals surface area contributed by atoms with Crippen LogP contribution in [0.25, 0.3) is 0 Å². The fraction of sp³-hybridized carbons (Fsp3) is 0.900. The topological polar surface area (TPSA) is 57.7 Å². The number of likely N-dealkylation sites (N-methyl/N-ethyl adjacent to an activating group) is 1. The first-order valence-corrected chi connectivity index (χ1v) is 7.48. The van der Waals surface area contributed by atoms with E-state index in [9.17, 15) is 13.2 Å². The highest BCUT2D eigenvalue weighted by Crippen LogP contribution is 2.19. The first kappa shape index (κ1) is 11.9. The van der Waals surface area contributed by atoms with E-state index in [1.165, 1.54) is 0 Å². The van der Waals surface area contributed by atoms with Gasteiger partial charge >= 0.3 is 0 Å². The summed E-state index contributed by atoms with van der Waals surface area (Å²) >= 11 is 0. The van der Waals surface area contributed by atoms with Crippen LogP contribution in [0, 0.1) is 0 Å². The van der Waals surface area contributed by atoms with Crippen molar-refractivity contribution in [3.63, 3.8) is 0 Å². The van der Waals surface area contributed by atoms with Crippen LogP contribution in [0.3, 0.4) is 0 Å². The third-order valence-corrected chi connectivity index (χ3v) is 5.18. The van der Waals surface area contributed by atoms with Crippen molar-refractivity contribution >= 4 is 15.7 Å². The Morgan fingerprint density at radius 3 is 2.69 bits per heavy atom. The van der Waals surface area contributed by atoms with E-state index in [4.69, 9.17) is 0 Å². The molecule has 0 N–H and O–H groups in total. The minimum Gasteiger partial charge on any atom is -0.345 e. The van der Waals surface area contributed by atoms with Crippen molar-refractivity contribution in [2.45, 2.75) is 18.9 Å². The monoisotopic (exact) mass is 246 g/mol. The lowest BCUT2D eigenvalue weighted by molar-refractivity contribution is -0.130. The Kier molecular flexibility index (Phi) is 3.21. The standard InChI is InChI=1S/C10H18N2O3S/c1-11-4-2-5-12(7-10(11)13)9-3-6-16(14,15)8-9/h9H,2-8H2,1H3. The van der Waals surface area contributed by atoms with Crippen molar-refractivity contribution in [2.24, 2.45) is 0 Å². The molecule has 6 heteroatoms. The normalized spacial score (nSPS) is 31.7. The van der Waals surface area contributed by atoms with Gasteiger partial charge in [-0.2, -0.15) is 0 Å². The summed E-state index contributed by atoms with van der Waals surface area (Å²) in [4.78, 5) is 15.4. The number of rotatable bonds is 1. The van der Waals surface area contributed by atoms with E-state index in [-0.39, 0.29) is 23.5 Å². The summed E-state index contributed by atoms with van der Waals surface area (Å²) < 4.78 is 22.8. The fourth-order valence-electron chi connectivity index (χ4n) is 2.38. The lowest BCUT2D eigenvalue weighted by Gasteiger charge is -2.25. The second-order valence-electron chi connectivity index (χ2n) is 4.70. The quantitative estimate of drug-likeness (QED) is 0.616. The van der Waals surface area contributed by atoms with Crippen molar-refractivity contribution < 1.29 is 13.2 Å². The molecule has 0 bridgehead atoms. The van der Waals surface area contributed by atoms with Crippen molar-refractivity contribution in [2.75, 3.05) is 38.2 Å². The van der Waals surface area contributed by atoms with Gasteiger partial charge in [-0.25, -0.2) is 8.42 Å². The molecule has 16 heavy (non-hydrogen) atoms. The molecule has 0 saturated carbocycles. The van der Waals surface area contributed by atoms with E-state index in [0.717, 1.165) is 19.5 Å². The molecular formula is C10H18N2O3S. The number of carbonyl (C=O) groups excluding carboxylic acids is 1. The molecule has 92 valence electrons. The zero-order valence-electron chi connectivity index (χ0n) is 9.55. The molecule has 2 fully saturated rings. The van der Waals surface area contributed by atoms with Crippen LogP contribution >= 0.6 is 0 Å². The van der Waals surface area contributed by atoms with Crippen molar-refractivity contribution in [1.82, 2.24) is 9.80 Å². The number of hydrogen-bond donors (Lipinski definition) is 0. The van der Waals surface area contributed by atoms with Gasteiger partial charge in [0.15, 0.2) is 9.84 Å². The molecule has 0 radical (unpaired) electrons. The minimum absolute atomic E-state index is 0.0560. The molecule has 1 unspecified atom stereocenters. The molecule has 2 heterocycles. The molecule has 0 aromatic rings. The van der Waals surface area contributed by atoms with Crippen LogP contribution in [0.1, 0.15) is 12.8 Å². The first-order chi connectivity index (χ1) is 7.48. The maximum absolute atomic E-state index is 11.7. The summed E-state index contributed by atoms with van der Waals surface area (Å²) in [6.45, 7) is 1.97. The van der Waals surface area contributed by atoms with E-state index < -0.39 is 9.84 Å². The molecule has 2 saturated heterocycles. The van der Waals surface area contributed by atoms with Gasteiger partial charge in [-0.1, -0.05) is 0 Å². The zero-order valence-corrected chi connectivity index (χ0v) is 10.4. The van der Waals surface area contributed by atoms with Gasteiger partial charge in [0, 0.05) is 26.2 Å².